The number of anilines is 4. The highest BCUT2D eigenvalue weighted by Gasteiger charge is 2.14. The summed E-state index contributed by atoms with van der Waals surface area (Å²) in [7, 11) is 0. The van der Waals surface area contributed by atoms with E-state index in [-0.39, 0.29) is 18.7 Å². The van der Waals surface area contributed by atoms with Gasteiger partial charge in [0.2, 0.25) is 0 Å². The molecule has 0 aliphatic carbocycles. The fourth-order valence-corrected chi connectivity index (χ4v) is 7.21. The van der Waals surface area contributed by atoms with Crippen LogP contribution < -0.4 is 31.9 Å². The largest absolute Gasteiger partial charge is 0.445 e. The highest BCUT2D eigenvalue weighted by molar-refractivity contribution is 5.90. The van der Waals surface area contributed by atoms with Crippen molar-refractivity contribution in [2.24, 2.45) is 0 Å². The Morgan fingerprint density at radius 1 is 0.448 bits per heavy atom. The van der Waals surface area contributed by atoms with Gasteiger partial charge in [0.15, 0.2) is 0 Å². The first-order valence-electron chi connectivity index (χ1n) is 24.4. The van der Waals surface area contributed by atoms with Gasteiger partial charge in [0.25, 0.3) is 0 Å². The van der Waals surface area contributed by atoms with Gasteiger partial charge < -0.3 is 40.5 Å². The summed E-state index contributed by atoms with van der Waals surface area (Å²) >= 11 is 0. The van der Waals surface area contributed by atoms with E-state index in [1.165, 1.54) is 25.7 Å². The first-order valence-corrected chi connectivity index (χ1v) is 24.4. The third-order valence-corrected chi connectivity index (χ3v) is 11.1. The van der Waals surface area contributed by atoms with E-state index in [0.717, 1.165) is 98.6 Å². The molecule has 6 N–H and O–H groups in total. The van der Waals surface area contributed by atoms with Crippen LogP contribution in [-0.4, -0.2) is 99.1 Å². The lowest BCUT2D eigenvalue weighted by Crippen LogP contribution is -2.37. The molecule has 67 heavy (non-hydrogen) atoms. The van der Waals surface area contributed by atoms with E-state index in [0.29, 0.717) is 37.3 Å². The van der Waals surface area contributed by atoms with Crippen LogP contribution in [0.5, 0.6) is 0 Å². The molecule has 364 valence electrons. The van der Waals surface area contributed by atoms with Crippen LogP contribution in [0.25, 0.3) is 0 Å². The van der Waals surface area contributed by atoms with E-state index in [9.17, 15) is 19.2 Å². The minimum Gasteiger partial charge on any atom is -0.445 e. The fourth-order valence-electron chi connectivity index (χ4n) is 7.21. The molecule has 0 radical (unpaired) electrons. The number of hydrogen-bond donors (Lipinski definition) is 6. The highest BCUT2D eigenvalue weighted by Crippen LogP contribution is 2.18. The second-order valence-electron chi connectivity index (χ2n) is 17.1. The first-order chi connectivity index (χ1) is 32.5. The van der Waals surface area contributed by atoms with Crippen LogP contribution in [-0.2, 0) is 22.3 Å². The van der Waals surface area contributed by atoms with E-state index in [1.807, 2.05) is 72.8 Å². The number of hydrogen-bond acceptors (Lipinski definition) is 8. The topological polar surface area (TPSA) is 165 Å². The third kappa shape index (κ3) is 22.3. The molecule has 0 saturated heterocycles. The van der Waals surface area contributed by atoms with Crippen molar-refractivity contribution < 1.29 is 28.7 Å². The molecule has 4 aromatic rings. The van der Waals surface area contributed by atoms with Crippen molar-refractivity contribution in [3.8, 4) is 0 Å². The summed E-state index contributed by atoms with van der Waals surface area (Å²) in [5.41, 5.74) is 6.85. The number of unbranched alkanes of at least 4 members (excludes halogenated alkanes) is 4. The molecule has 0 fully saturated rings. The number of benzene rings is 4. The monoisotopic (exact) mass is 921 g/mol. The molecule has 1 unspecified atom stereocenters. The van der Waals surface area contributed by atoms with Crippen molar-refractivity contribution in [2.45, 2.75) is 105 Å². The molecule has 0 bridgehead atoms. The van der Waals surface area contributed by atoms with Gasteiger partial charge in [0.1, 0.15) is 12.7 Å². The van der Waals surface area contributed by atoms with Crippen LogP contribution in [0.1, 0.15) is 108 Å². The number of urea groups is 2. The van der Waals surface area contributed by atoms with Gasteiger partial charge >= 0.3 is 24.2 Å². The van der Waals surface area contributed by atoms with Crippen molar-refractivity contribution >= 4 is 47.0 Å². The molecule has 14 nitrogen and oxygen atoms in total. The molecule has 6 amide bonds. The normalized spacial score (nSPS) is 11.4. The lowest BCUT2D eigenvalue weighted by Gasteiger charge is -2.22. The van der Waals surface area contributed by atoms with Crippen LogP contribution >= 0.6 is 0 Å². The Morgan fingerprint density at radius 3 is 1.09 bits per heavy atom. The molecule has 14 heteroatoms. The molecule has 0 aromatic heterocycles. The van der Waals surface area contributed by atoms with E-state index >= 15 is 0 Å². The lowest BCUT2D eigenvalue weighted by molar-refractivity contribution is 0.0651. The number of carbonyl (C=O) groups excluding carboxylic acids is 4. The fraction of sp³-hybridized carbons (Fsp3) is 0.472. The molecule has 0 aliphatic heterocycles. The van der Waals surface area contributed by atoms with E-state index in [1.54, 1.807) is 31.2 Å². The highest BCUT2D eigenvalue weighted by atomic mass is 16.6. The van der Waals surface area contributed by atoms with Crippen molar-refractivity contribution in [1.82, 2.24) is 20.4 Å². The zero-order valence-electron chi connectivity index (χ0n) is 40.6. The third-order valence-electron chi connectivity index (χ3n) is 11.1. The summed E-state index contributed by atoms with van der Waals surface area (Å²) < 4.78 is 10.7. The summed E-state index contributed by atoms with van der Waals surface area (Å²) in [6.45, 7) is 17.4. The Bertz CT molecular complexity index is 2010. The Labute approximate surface area is 399 Å². The van der Waals surface area contributed by atoms with Gasteiger partial charge in [-0.3, -0.25) is 10.6 Å². The van der Waals surface area contributed by atoms with Gasteiger partial charge in [-0.25, -0.2) is 19.2 Å². The number of carbonyl (C=O) groups is 4. The van der Waals surface area contributed by atoms with Gasteiger partial charge in [-0.15, -0.1) is 0 Å². The number of nitrogens with zero attached hydrogens (tertiary/aromatic N) is 2. The minimum absolute atomic E-state index is 0.130. The van der Waals surface area contributed by atoms with Crippen molar-refractivity contribution in [3.05, 3.63) is 119 Å². The SMILES string of the molecule is CCCCN(CCCC)CCNC(=O)Nc1ccc(Cc2ccc(NC(=O)OCC(C)OC(=O)Nc3ccc(Cc4ccc(NC(=O)NCCN(CCCC)CCCC)cc4)cc3)cc2)cc1. The molecule has 0 saturated carbocycles. The molecule has 0 heterocycles. The van der Waals surface area contributed by atoms with Gasteiger partial charge in [-0.2, -0.15) is 0 Å². The number of ether oxygens (including phenoxy) is 2. The van der Waals surface area contributed by atoms with Crippen LogP contribution in [0.15, 0.2) is 97.1 Å². The Hall–Kier alpha value is -6.12. The summed E-state index contributed by atoms with van der Waals surface area (Å²) in [6, 6.07) is 30.0. The van der Waals surface area contributed by atoms with Crippen LogP contribution in [0.3, 0.4) is 0 Å². The standard InChI is InChI=1S/C53H76N8O6/c1-6-10-32-60(33-11-7-2)36-30-54-50(62)56-46-22-14-42(15-23-46)38-44-18-26-48(27-19-44)58-52(64)66-40-41(5)67-53(65)59-49-28-20-45(21-29-49)39-43-16-24-47(25-17-43)57-51(63)55-31-37-61(34-12-8-3)35-13-9-4/h14-29,41H,6-13,30-40H2,1-5H3,(H,58,64)(H,59,65)(H2,54,56,62)(H2,55,57,63). The predicted octanol–water partition coefficient (Wildman–Crippen LogP) is 11.1. The van der Waals surface area contributed by atoms with Crippen LogP contribution in [0, 0.1) is 0 Å². The minimum atomic E-state index is -0.690. The van der Waals surface area contributed by atoms with E-state index in [2.05, 4.69) is 69.4 Å². The Morgan fingerprint density at radius 2 is 0.761 bits per heavy atom. The van der Waals surface area contributed by atoms with Gasteiger partial charge in [0.05, 0.1) is 0 Å². The number of amides is 6. The Kier molecular flexibility index (Phi) is 24.7. The summed E-state index contributed by atoms with van der Waals surface area (Å²) in [4.78, 5) is 54.9. The zero-order chi connectivity index (χ0) is 48.1. The van der Waals surface area contributed by atoms with Crippen molar-refractivity contribution in [1.29, 1.82) is 0 Å². The molecule has 4 aromatic carbocycles. The maximum Gasteiger partial charge on any atom is 0.412 e. The summed E-state index contributed by atoms with van der Waals surface area (Å²) in [5, 5.41) is 17.2. The van der Waals surface area contributed by atoms with Gasteiger partial charge in [-0.05, 0) is 142 Å². The maximum absolute atomic E-state index is 12.6. The maximum atomic E-state index is 12.6. The van der Waals surface area contributed by atoms with E-state index in [4.69, 9.17) is 9.47 Å². The number of nitrogens with one attached hydrogen (secondary N) is 6. The predicted molar refractivity (Wildman–Crippen MR) is 272 cm³/mol. The quantitative estimate of drug-likeness (QED) is 0.0313. The zero-order valence-corrected chi connectivity index (χ0v) is 40.6. The van der Waals surface area contributed by atoms with Crippen molar-refractivity contribution in [2.75, 3.05) is 80.2 Å². The molecule has 0 spiro atoms. The molecule has 1 atom stereocenters. The smallest absolute Gasteiger partial charge is 0.412 e. The van der Waals surface area contributed by atoms with Gasteiger partial charge in [-0.1, -0.05) is 102 Å². The summed E-state index contributed by atoms with van der Waals surface area (Å²) in [5.74, 6) is 0. The average Bonchev–Trinajstić information content (AvgIpc) is 3.32. The van der Waals surface area contributed by atoms with Crippen LogP contribution in [0.4, 0.5) is 41.9 Å². The lowest BCUT2D eigenvalue weighted by atomic mass is 10.0. The van der Waals surface area contributed by atoms with Crippen LogP contribution in [0.2, 0.25) is 0 Å². The van der Waals surface area contributed by atoms with Gasteiger partial charge in [0, 0.05) is 48.9 Å². The second-order valence-corrected chi connectivity index (χ2v) is 17.1. The number of rotatable bonds is 29. The molecule has 4 rings (SSSR count). The molecular formula is C53H76N8O6. The second kappa shape index (κ2) is 31.0. The van der Waals surface area contributed by atoms with Crippen molar-refractivity contribution in [3.63, 3.8) is 0 Å². The summed E-state index contributed by atoms with van der Waals surface area (Å²) in [6.07, 6.45) is 8.65. The van der Waals surface area contributed by atoms with E-state index < -0.39 is 18.3 Å². The Balaban J connectivity index is 1.09. The first kappa shape index (κ1) is 53.5. The molecule has 0 aliphatic rings. The molecular weight excluding hydrogens is 845 g/mol. The average molecular weight is 921 g/mol.